The lowest BCUT2D eigenvalue weighted by Crippen LogP contribution is -2.33. The molecule has 1 aliphatic rings. The molecule has 1 aromatic heterocycles. The van der Waals surface area contributed by atoms with Crippen molar-refractivity contribution in [3.63, 3.8) is 0 Å². The summed E-state index contributed by atoms with van der Waals surface area (Å²) in [6, 6.07) is 21.1. The SMILES string of the molecule is I.NC(=NCc1cn(Cc2ccccc2)nc1-c1ccccc1)NC1CC1. The number of nitrogens with zero attached hydrogens (tertiary/aromatic N) is 3. The summed E-state index contributed by atoms with van der Waals surface area (Å²) < 4.78 is 1.98. The zero-order chi connectivity index (χ0) is 17.8. The van der Waals surface area contributed by atoms with Gasteiger partial charge in [-0.2, -0.15) is 5.10 Å². The van der Waals surface area contributed by atoms with E-state index in [1.165, 1.54) is 18.4 Å². The number of hydrogen-bond donors (Lipinski definition) is 2. The molecule has 0 radical (unpaired) electrons. The largest absolute Gasteiger partial charge is 0.370 e. The molecular weight excluding hydrogens is 449 g/mol. The zero-order valence-corrected chi connectivity index (χ0v) is 17.4. The molecule has 4 rings (SSSR count). The van der Waals surface area contributed by atoms with Gasteiger partial charge < -0.3 is 11.1 Å². The Kier molecular flexibility index (Phi) is 6.49. The van der Waals surface area contributed by atoms with Gasteiger partial charge in [0.1, 0.15) is 0 Å². The van der Waals surface area contributed by atoms with Crippen LogP contribution in [-0.4, -0.2) is 21.8 Å². The summed E-state index contributed by atoms with van der Waals surface area (Å²) in [6.07, 6.45) is 4.43. The molecule has 3 N–H and O–H groups in total. The first-order chi connectivity index (χ1) is 12.8. The molecule has 0 atom stereocenters. The highest BCUT2D eigenvalue weighted by Gasteiger charge is 2.21. The van der Waals surface area contributed by atoms with E-state index in [2.05, 4.69) is 40.8 Å². The van der Waals surface area contributed by atoms with Gasteiger partial charge in [-0.15, -0.1) is 24.0 Å². The van der Waals surface area contributed by atoms with Crippen molar-refractivity contribution in [2.75, 3.05) is 0 Å². The number of halogens is 1. The molecule has 0 bridgehead atoms. The summed E-state index contributed by atoms with van der Waals surface area (Å²) in [6.45, 7) is 1.25. The standard InChI is InChI=1S/C21H23N5.HI/c22-21(24-19-11-12-19)23-13-18-15-26(14-16-7-3-1-4-8-16)25-20(18)17-9-5-2-6-10-17;/h1-10,15,19H,11-14H2,(H3,22,23,24);1H. The van der Waals surface area contributed by atoms with Crippen molar-refractivity contribution < 1.29 is 0 Å². The van der Waals surface area contributed by atoms with Gasteiger partial charge in [-0.3, -0.25) is 4.68 Å². The van der Waals surface area contributed by atoms with Gasteiger partial charge in [-0.1, -0.05) is 60.7 Å². The van der Waals surface area contributed by atoms with Crippen molar-refractivity contribution in [1.29, 1.82) is 0 Å². The third-order valence-corrected chi connectivity index (χ3v) is 4.42. The van der Waals surface area contributed by atoms with Crippen LogP contribution >= 0.6 is 24.0 Å². The second kappa shape index (κ2) is 9.03. The van der Waals surface area contributed by atoms with Gasteiger partial charge in [0.05, 0.1) is 18.8 Å². The van der Waals surface area contributed by atoms with E-state index in [4.69, 9.17) is 10.8 Å². The average Bonchev–Trinajstić information content (AvgIpc) is 3.39. The minimum atomic E-state index is 0. The summed E-state index contributed by atoms with van der Waals surface area (Å²) in [7, 11) is 0. The normalized spacial score (nSPS) is 13.9. The lowest BCUT2D eigenvalue weighted by molar-refractivity contribution is 0.688. The summed E-state index contributed by atoms with van der Waals surface area (Å²) in [4.78, 5) is 4.51. The second-order valence-electron chi connectivity index (χ2n) is 6.67. The predicted octanol–water partition coefficient (Wildman–Crippen LogP) is 3.78. The van der Waals surface area contributed by atoms with Crippen LogP contribution < -0.4 is 11.1 Å². The third kappa shape index (κ3) is 5.32. The van der Waals surface area contributed by atoms with Crippen molar-refractivity contribution in [3.8, 4) is 11.3 Å². The van der Waals surface area contributed by atoms with E-state index >= 15 is 0 Å². The van der Waals surface area contributed by atoms with E-state index in [0.717, 1.165) is 23.4 Å². The van der Waals surface area contributed by atoms with E-state index in [1.54, 1.807) is 0 Å². The van der Waals surface area contributed by atoms with Crippen LogP contribution in [-0.2, 0) is 13.1 Å². The number of benzene rings is 2. The lowest BCUT2D eigenvalue weighted by atomic mass is 10.1. The summed E-state index contributed by atoms with van der Waals surface area (Å²) in [5.41, 5.74) is 10.3. The highest BCUT2D eigenvalue weighted by molar-refractivity contribution is 14.0. The van der Waals surface area contributed by atoms with E-state index in [-0.39, 0.29) is 24.0 Å². The third-order valence-electron chi connectivity index (χ3n) is 4.42. The Morgan fingerprint density at radius 1 is 1.07 bits per heavy atom. The Morgan fingerprint density at radius 2 is 1.74 bits per heavy atom. The first-order valence-corrected chi connectivity index (χ1v) is 9.00. The maximum Gasteiger partial charge on any atom is 0.189 e. The quantitative estimate of drug-likeness (QED) is 0.325. The number of aromatic nitrogens is 2. The maximum atomic E-state index is 5.99. The molecule has 0 unspecified atom stereocenters. The van der Waals surface area contributed by atoms with Crippen molar-refractivity contribution in [2.24, 2.45) is 10.7 Å². The second-order valence-corrected chi connectivity index (χ2v) is 6.67. The van der Waals surface area contributed by atoms with Crippen molar-refractivity contribution in [1.82, 2.24) is 15.1 Å². The summed E-state index contributed by atoms with van der Waals surface area (Å²) in [5.74, 6) is 0.516. The van der Waals surface area contributed by atoms with Gasteiger partial charge in [-0.25, -0.2) is 4.99 Å². The molecule has 0 saturated heterocycles. The fraction of sp³-hybridized carbons (Fsp3) is 0.238. The van der Waals surface area contributed by atoms with Crippen LogP contribution in [0.1, 0.15) is 24.0 Å². The molecular formula is C21H24IN5. The van der Waals surface area contributed by atoms with Gasteiger partial charge in [0.25, 0.3) is 0 Å². The number of nitrogens with one attached hydrogen (secondary N) is 1. The van der Waals surface area contributed by atoms with Crippen molar-refractivity contribution >= 4 is 29.9 Å². The molecule has 5 nitrogen and oxygen atoms in total. The van der Waals surface area contributed by atoms with Crippen LogP contribution in [0.25, 0.3) is 11.3 Å². The minimum Gasteiger partial charge on any atom is -0.370 e. The highest BCUT2D eigenvalue weighted by atomic mass is 127. The number of guanidine groups is 1. The number of hydrogen-bond acceptors (Lipinski definition) is 2. The van der Waals surface area contributed by atoms with Crippen LogP contribution in [0.3, 0.4) is 0 Å². The molecule has 1 heterocycles. The molecule has 27 heavy (non-hydrogen) atoms. The number of nitrogens with two attached hydrogens (primary N) is 1. The monoisotopic (exact) mass is 473 g/mol. The van der Waals surface area contributed by atoms with Gasteiger partial charge in [0.2, 0.25) is 0 Å². The van der Waals surface area contributed by atoms with Gasteiger partial charge in [0.15, 0.2) is 5.96 Å². The van der Waals surface area contributed by atoms with Crippen LogP contribution in [0.5, 0.6) is 0 Å². The van der Waals surface area contributed by atoms with Crippen LogP contribution in [0.15, 0.2) is 71.9 Å². The van der Waals surface area contributed by atoms with Crippen LogP contribution in [0.2, 0.25) is 0 Å². The van der Waals surface area contributed by atoms with E-state index in [9.17, 15) is 0 Å². The van der Waals surface area contributed by atoms with E-state index in [1.807, 2.05) is 41.1 Å². The lowest BCUT2D eigenvalue weighted by Gasteiger charge is -2.03. The molecule has 3 aromatic rings. The Balaban J connectivity index is 0.00000210. The predicted molar refractivity (Wildman–Crippen MR) is 120 cm³/mol. The van der Waals surface area contributed by atoms with Crippen molar-refractivity contribution in [3.05, 3.63) is 78.0 Å². The molecule has 0 spiro atoms. The Bertz CT molecular complexity index is 885. The Hall–Kier alpha value is -2.35. The van der Waals surface area contributed by atoms with Crippen LogP contribution in [0, 0.1) is 0 Å². The zero-order valence-electron chi connectivity index (χ0n) is 15.1. The highest BCUT2D eigenvalue weighted by Crippen LogP contribution is 2.23. The van der Waals surface area contributed by atoms with E-state index in [0.29, 0.717) is 18.5 Å². The first kappa shape index (κ1) is 19.4. The fourth-order valence-electron chi connectivity index (χ4n) is 2.92. The van der Waals surface area contributed by atoms with Crippen molar-refractivity contribution in [2.45, 2.75) is 32.0 Å². The summed E-state index contributed by atoms with van der Waals surface area (Å²) in [5, 5.41) is 8.04. The molecule has 0 amide bonds. The molecule has 2 aromatic carbocycles. The molecule has 6 heteroatoms. The Morgan fingerprint density at radius 3 is 2.41 bits per heavy atom. The van der Waals surface area contributed by atoms with Gasteiger partial charge >= 0.3 is 0 Å². The Labute approximate surface area is 176 Å². The van der Waals surface area contributed by atoms with Gasteiger partial charge in [0, 0.05) is 23.4 Å². The van der Waals surface area contributed by atoms with Crippen LogP contribution in [0.4, 0.5) is 0 Å². The topological polar surface area (TPSA) is 68.2 Å². The smallest absolute Gasteiger partial charge is 0.189 e. The molecule has 1 aliphatic carbocycles. The molecule has 0 aliphatic heterocycles. The maximum absolute atomic E-state index is 5.99. The number of rotatable bonds is 6. The average molecular weight is 473 g/mol. The van der Waals surface area contributed by atoms with Gasteiger partial charge in [-0.05, 0) is 18.4 Å². The minimum absolute atomic E-state index is 0. The fourth-order valence-corrected chi connectivity index (χ4v) is 2.92. The van der Waals surface area contributed by atoms with E-state index < -0.39 is 0 Å². The first-order valence-electron chi connectivity index (χ1n) is 9.00. The molecule has 140 valence electrons. The number of aliphatic imine (C=N–C) groups is 1. The molecule has 1 saturated carbocycles. The molecule has 1 fully saturated rings. The summed E-state index contributed by atoms with van der Waals surface area (Å²) >= 11 is 0.